The van der Waals surface area contributed by atoms with Crippen LogP contribution in [0.15, 0.2) is 48.6 Å². The maximum absolute atomic E-state index is 13.8. The van der Waals surface area contributed by atoms with Crippen LogP contribution in [0.25, 0.3) is 0 Å². The standard InChI is InChI=1S/C27H27NO8/c1-15-18-9-10-19-26(12-4-11-25(2,3)20(26)13-29)14-35-24(32)27(19,21(15)30)22(18)36-23(31)16-5-7-17(8-6-16)28(33)34/h4-8,12-13,18-20,22H,1,9-11,14H2,2-3H3/t18-,19-,20+,22+,26+,27-/m0/s1. The Kier molecular flexibility index (Phi) is 5.32. The van der Waals surface area contributed by atoms with Gasteiger partial charge < -0.3 is 14.3 Å². The van der Waals surface area contributed by atoms with Crippen molar-refractivity contribution in [2.24, 2.45) is 34.0 Å². The summed E-state index contributed by atoms with van der Waals surface area (Å²) in [5, 5.41) is 11.0. The molecule has 5 rings (SSSR count). The van der Waals surface area contributed by atoms with E-state index in [0.29, 0.717) is 19.3 Å². The molecule has 1 saturated heterocycles. The van der Waals surface area contributed by atoms with Crippen LogP contribution < -0.4 is 0 Å². The topological polar surface area (TPSA) is 130 Å². The van der Waals surface area contributed by atoms with Crippen LogP contribution in [0.4, 0.5) is 5.69 Å². The van der Waals surface area contributed by atoms with E-state index >= 15 is 0 Å². The molecule has 0 N–H and O–H groups in total. The van der Waals surface area contributed by atoms with E-state index in [1.165, 1.54) is 24.3 Å². The Morgan fingerprint density at radius 2 is 1.92 bits per heavy atom. The monoisotopic (exact) mass is 493 g/mol. The van der Waals surface area contributed by atoms with Crippen LogP contribution >= 0.6 is 0 Å². The van der Waals surface area contributed by atoms with Gasteiger partial charge in [-0.05, 0) is 48.3 Å². The molecule has 2 bridgehead atoms. The molecule has 1 heterocycles. The van der Waals surface area contributed by atoms with E-state index < -0.39 is 62.7 Å². The van der Waals surface area contributed by atoms with Gasteiger partial charge in [0.25, 0.3) is 5.69 Å². The number of cyclic esters (lactones) is 1. The van der Waals surface area contributed by atoms with Crippen molar-refractivity contribution in [1.29, 1.82) is 0 Å². The number of ether oxygens (including phenoxy) is 2. The zero-order valence-corrected chi connectivity index (χ0v) is 20.1. The number of Topliss-reactive ketones (excluding diaryl/α,β-unsaturated/α-hetero) is 1. The number of nitro benzene ring substituents is 1. The van der Waals surface area contributed by atoms with Gasteiger partial charge in [0, 0.05) is 29.4 Å². The van der Waals surface area contributed by atoms with E-state index in [9.17, 15) is 29.3 Å². The van der Waals surface area contributed by atoms with Crippen molar-refractivity contribution < 1.29 is 33.6 Å². The lowest BCUT2D eigenvalue weighted by Gasteiger charge is -2.58. The van der Waals surface area contributed by atoms with Crippen molar-refractivity contribution in [2.75, 3.05) is 6.61 Å². The smallest absolute Gasteiger partial charge is 0.338 e. The minimum Gasteiger partial charge on any atom is -0.464 e. The number of esters is 2. The first-order valence-corrected chi connectivity index (χ1v) is 12.0. The molecule has 188 valence electrons. The van der Waals surface area contributed by atoms with Gasteiger partial charge in [0.2, 0.25) is 0 Å². The summed E-state index contributed by atoms with van der Waals surface area (Å²) in [4.78, 5) is 63.3. The molecule has 36 heavy (non-hydrogen) atoms. The second-order valence-electron chi connectivity index (χ2n) is 11.0. The summed E-state index contributed by atoms with van der Waals surface area (Å²) < 4.78 is 11.6. The lowest BCUT2D eigenvalue weighted by Crippen LogP contribution is -2.67. The van der Waals surface area contributed by atoms with E-state index in [-0.39, 0.29) is 23.4 Å². The predicted molar refractivity (Wildman–Crippen MR) is 126 cm³/mol. The highest BCUT2D eigenvalue weighted by molar-refractivity contribution is 6.16. The number of hydrogen-bond acceptors (Lipinski definition) is 8. The van der Waals surface area contributed by atoms with Crippen molar-refractivity contribution in [1.82, 2.24) is 0 Å². The maximum Gasteiger partial charge on any atom is 0.338 e. The molecular formula is C27H27NO8. The van der Waals surface area contributed by atoms with Gasteiger partial charge in [0.05, 0.1) is 10.5 Å². The van der Waals surface area contributed by atoms with E-state index in [0.717, 1.165) is 6.29 Å². The second-order valence-corrected chi connectivity index (χ2v) is 11.0. The fourth-order valence-corrected chi connectivity index (χ4v) is 7.17. The number of hydrogen-bond donors (Lipinski definition) is 0. The summed E-state index contributed by atoms with van der Waals surface area (Å²) in [6.07, 6.45) is 5.24. The average molecular weight is 494 g/mol. The second kappa shape index (κ2) is 7.94. The van der Waals surface area contributed by atoms with Gasteiger partial charge in [-0.1, -0.05) is 32.6 Å². The summed E-state index contributed by atoms with van der Waals surface area (Å²) >= 11 is 0. The molecule has 9 nitrogen and oxygen atoms in total. The Morgan fingerprint density at radius 3 is 2.56 bits per heavy atom. The Labute approximate surface area is 207 Å². The summed E-state index contributed by atoms with van der Waals surface area (Å²) in [7, 11) is 0. The van der Waals surface area contributed by atoms with Crippen LogP contribution in [0.2, 0.25) is 0 Å². The lowest BCUT2D eigenvalue weighted by atomic mass is 9.46. The molecule has 9 heteroatoms. The van der Waals surface area contributed by atoms with Crippen LogP contribution in [-0.2, 0) is 23.9 Å². The van der Waals surface area contributed by atoms with Gasteiger partial charge in [0.15, 0.2) is 11.2 Å². The number of allylic oxidation sites excluding steroid dienone is 1. The number of benzene rings is 1. The highest BCUT2D eigenvalue weighted by atomic mass is 16.6. The number of carbonyl (C=O) groups excluding carboxylic acids is 4. The third kappa shape index (κ3) is 3.01. The quantitative estimate of drug-likeness (QED) is 0.118. The summed E-state index contributed by atoms with van der Waals surface area (Å²) in [5.74, 6) is -3.75. The minimum atomic E-state index is -1.80. The fraction of sp³-hybridized carbons (Fsp3) is 0.481. The molecule has 0 aromatic heterocycles. The SMILES string of the molecule is C=C1C(=O)[C@@]23C(=O)OC[C@]4(C=CCC(C)(C)[C@H]4C=O)[C@@H]2CC[C@@H]1[C@H]3OC(=O)c1ccc([N+](=O)[O-])cc1. The first-order chi connectivity index (χ1) is 17.0. The molecule has 0 unspecified atom stereocenters. The number of non-ortho nitro benzene ring substituents is 1. The van der Waals surface area contributed by atoms with Crippen LogP contribution in [0.3, 0.4) is 0 Å². The molecule has 0 amide bonds. The minimum absolute atomic E-state index is 0.0327. The van der Waals surface area contributed by atoms with Crippen molar-refractivity contribution in [3.05, 3.63) is 64.2 Å². The van der Waals surface area contributed by atoms with Crippen molar-refractivity contribution in [3.63, 3.8) is 0 Å². The maximum atomic E-state index is 13.8. The lowest BCUT2D eigenvalue weighted by molar-refractivity contribution is -0.384. The van der Waals surface area contributed by atoms with E-state index in [4.69, 9.17) is 9.47 Å². The van der Waals surface area contributed by atoms with Crippen LogP contribution in [0.5, 0.6) is 0 Å². The first-order valence-electron chi connectivity index (χ1n) is 12.0. The van der Waals surface area contributed by atoms with E-state index in [2.05, 4.69) is 6.58 Å². The van der Waals surface area contributed by atoms with Crippen LogP contribution in [0, 0.1) is 44.1 Å². The van der Waals surface area contributed by atoms with Crippen molar-refractivity contribution in [3.8, 4) is 0 Å². The zero-order valence-electron chi connectivity index (χ0n) is 20.1. The first kappa shape index (κ1) is 24.1. The Morgan fingerprint density at radius 1 is 1.22 bits per heavy atom. The average Bonchev–Trinajstić information content (AvgIpc) is 2.95. The number of nitrogens with zero attached hydrogens (tertiary/aromatic N) is 1. The molecule has 0 radical (unpaired) electrons. The highest BCUT2D eigenvalue weighted by Gasteiger charge is 2.76. The number of carbonyl (C=O) groups is 4. The number of nitro groups is 1. The number of ketones is 1. The zero-order chi connectivity index (χ0) is 26.0. The van der Waals surface area contributed by atoms with Gasteiger partial charge in [0.1, 0.15) is 19.0 Å². The molecule has 1 aliphatic heterocycles. The molecule has 2 saturated carbocycles. The Balaban J connectivity index is 1.59. The summed E-state index contributed by atoms with van der Waals surface area (Å²) in [5.41, 5.74) is -3.05. The van der Waals surface area contributed by atoms with Crippen molar-refractivity contribution in [2.45, 2.75) is 39.2 Å². The Bertz CT molecular complexity index is 1230. The van der Waals surface area contributed by atoms with Gasteiger partial charge in [-0.15, -0.1) is 0 Å². The molecule has 4 aliphatic rings. The van der Waals surface area contributed by atoms with Gasteiger partial charge in [-0.2, -0.15) is 0 Å². The number of rotatable bonds is 4. The molecule has 1 aromatic rings. The van der Waals surface area contributed by atoms with Gasteiger partial charge in [-0.25, -0.2) is 4.79 Å². The molecule has 3 fully saturated rings. The normalized spacial score (nSPS) is 36.2. The number of fused-ring (bicyclic) bond motifs is 2. The Hall–Kier alpha value is -3.62. The van der Waals surface area contributed by atoms with Gasteiger partial charge >= 0.3 is 11.9 Å². The third-order valence-electron chi connectivity index (χ3n) is 8.86. The highest BCUT2D eigenvalue weighted by Crippen LogP contribution is 2.67. The van der Waals surface area contributed by atoms with Crippen LogP contribution in [0.1, 0.15) is 43.5 Å². The summed E-state index contributed by atoms with van der Waals surface area (Å²) in [6, 6.07) is 4.91. The predicted octanol–water partition coefficient (Wildman–Crippen LogP) is 3.62. The third-order valence-corrected chi connectivity index (χ3v) is 8.86. The molecule has 6 atom stereocenters. The van der Waals surface area contributed by atoms with Crippen molar-refractivity contribution >= 4 is 29.7 Å². The fourth-order valence-electron chi connectivity index (χ4n) is 7.17. The van der Waals surface area contributed by atoms with E-state index in [1.54, 1.807) is 0 Å². The largest absolute Gasteiger partial charge is 0.464 e. The molecule has 1 aromatic carbocycles. The van der Waals surface area contributed by atoms with Gasteiger partial charge in [-0.3, -0.25) is 19.7 Å². The van der Waals surface area contributed by atoms with Crippen LogP contribution in [-0.4, -0.2) is 41.6 Å². The molecular weight excluding hydrogens is 466 g/mol. The molecule has 2 spiro atoms. The number of aldehydes is 1. The summed E-state index contributed by atoms with van der Waals surface area (Å²) in [6.45, 7) is 7.88. The molecule has 3 aliphatic carbocycles. The van der Waals surface area contributed by atoms with E-state index in [1.807, 2.05) is 26.0 Å².